The van der Waals surface area contributed by atoms with Crippen molar-refractivity contribution in [1.82, 2.24) is 15.2 Å². The monoisotopic (exact) mass is 577 g/mol. The summed E-state index contributed by atoms with van der Waals surface area (Å²) >= 11 is 0. The van der Waals surface area contributed by atoms with Crippen LogP contribution in [0, 0.1) is 18.3 Å². The van der Waals surface area contributed by atoms with E-state index in [1.165, 1.54) is 6.07 Å². The third-order valence-corrected chi connectivity index (χ3v) is 8.51. The maximum atomic E-state index is 14.0. The lowest BCUT2D eigenvalue weighted by molar-refractivity contribution is -0.137. The average Bonchev–Trinajstić information content (AvgIpc) is 3.40. The molecule has 42 heavy (non-hydrogen) atoms. The quantitative estimate of drug-likeness (QED) is 0.428. The molecule has 0 saturated carbocycles. The minimum Gasteiger partial charge on any atom is -0.496 e. The first-order chi connectivity index (χ1) is 20.0. The van der Waals surface area contributed by atoms with E-state index >= 15 is 0 Å². The van der Waals surface area contributed by atoms with Gasteiger partial charge in [-0.1, -0.05) is 17.7 Å². The number of likely N-dealkylation sites (N-methyl/N-ethyl adjacent to an activating group) is 1. The highest BCUT2D eigenvalue weighted by molar-refractivity contribution is 5.89. The SMILES string of the molecule is COc1ccc(C)cc1-c1ccc(C2(C(=O)N[C@@H]3CCN(C)C3)CCN(c3ccc(C(F)(F)F)cc3C#N)CC2)cn1. The Morgan fingerprint density at radius 2 is 1.88 bits per heavy atom. The smallest absolute Gasteiger partial charge is 0.416 e. The van der Waals surface area contributed by atoms with Gasteiger partial charge in [-0.25, -0.2) is 0 Å². The molecule has 1 amide bonds. The average molecular weight is 578 g/mol. The second-order valence-electron chi connectivity index (χ2n) is 11.3. The van der Waals surface area contributed by atoms with Crippen molar-refractivity contribution in [2.24, 2.45) is 0 Å². The van der Waals surface area contributed by atoms with Gasteiger partial charge in [0.2, 0.25) is 5.91 Å². The molecule has 2 fully saturated rings. The number of benzene rings is 2. The number of aryl methyl sites for hydroxylation is 1. The molecule has 3 heterocycles. The number of nitriles is 1. The molecule has 0 aliphatic carbocycles. The van der Waals surface area contributed by atoms with Crippen LogP contribution in [0.2, 0.25) is 0 Å². The Morgan fingerprint density at radius 3 is 2.48 bits per heavy atom. The number of likely N-dealkylation sites (tertiary alicyclic amines) is 1. The third kappa shape index (κ3) is 5.79. The third-order valence-electron chi connectivity index (χ3n) is 8.51. The summed E-state index contributed by atoms with van der Waals surface area (Å²) in [7, 11) is 3.64. The predicted octanol–water partition coefficient (Wildman–Crippen LogP) is 5.31. The van der Waals surface area contributed by atoms with E-state index < -0.39 is 17.2 Å². The van der Waals surface area contributed by atoms with E-state index in [0.717, 1.165) is 54.0 Å². The molecule has 2 aliphatic heterocycles. The van der Waals surface area contributed by atoms with Crippen LogP contribution in [0.3, 0.4) is 0 Å². The normalized spacial score (nSPS) is 18.9. The molecule has 1 aromatic heterocycles. The van der Waals surface area contributed by atoms with E-state index in [1.807, 2.05) is 55.3 Å². The second kappa shape index (κ2) is 11.6. The van der Waals surface area contributed by atoms with Gasteiger partial charge in [0.1, 0.15) is 11.8 Å². The second-order valence-corrected chi connectivity index (χ2v) is 11.3. The number of carbonyl (C=O) groups is 1. The van der Waals surface area contributed by atoms with Crippen LogP contribution < -0.4 is 15.0 Å². The maximum absolute atomic E-state index is 14.0. The van der Waals surface area contributed by atoms with Crippen LogP contribution in [0.4, 0.5) is 18.9 Å². The lowest BCUT2D eigenvalue weighted by atomic mass is 9.72. The van der Waals surface area contributed by atoms with Gasteiger partial charge in [-0.05, 0) is 81.7 Å². The Morgan fingerprint density at radius 1 is 1.12 bits per heavy atom. The number of hydrogen-bond donors (Lipinski definition) is 1. The van der Waals surface area contributed by atoms with Gasteiger partial charge < -0.3 is 19.9 Å². The van der Waals surface area contributed by atoms with Crippen LogP contribution in [0.5, 0.6) is 5.75 Å². The number of methoxy groups -OCH3 is 1. The van der Waals surface area contributed by atoms with E-state index in [2.05, 4.69) is 10.2 Å². The number of halogens is 3. The minimum absolute atomic E-state index is 0.0334. The van der Waals surface area contributed by atoms with Crippen LogP contribution in [-0.2, 0) is 16.4 Å². The molecule has 1 N–H and O–H groups in total. The molecule has 2 aromatic carbocycles. The van der Waals surface area contributed by atoms with Crippen LogP contribution in [-0.4, -0.2) is 62.2 Å². The van der Waals surface area contributed by atoms with Gasteiger partial charge in [0, 0.05) is 37.4 Å². The first kappa shape index (κ1) is 29.4. The van der Waals surface area contributed by atoms with Gasteiger partial charge in [-0.3, -0.25) is 9.78 Å². The molecular weight excluding hydrogens is 543 g/mol. The summed E-state index contributed by atoms with van der Waals surface area (Å²) in [6, 6.07) is 14.9. The summed E-state index contributed by atoms with van der Waals surface area (Å²) in [5, 5.41) is 12.9. The highest BCUT2D eigenvalue weighted by Gasteiger charge is 2.44. The molecule has 10 heteroatoms. The maximum Gasteiger partial charge on any atom is 0.416 e. The van der Waals surface area contributed by atoms with Crippen molar-refractivity contribution in [3.63, 3.8) is 0 Å². The molecule has 2 saturated heterocycles. The fraction of sp³-hybridized carbons (Fsp3) is 0.406. The summed E-state index contributed by atoms with van der Waals surface area (Å²) in [5.74, 6) is 0.634. The number of anilines is 1. The Labute approximate surface area is 243 Å². The molecule has 0 bridgehead atoms. The predicted molar refractivity (Wildman–Crippen MR) is 154 cm³/mol. The highest BCUT2D eigenvalue weighted by Crippen LogP contribution is 2.40. The van der Waals surface area contributed by atoms with Crippen LogP contribution in [0.25, 0.3) is 11.3 Å². The van der Waals surface area contributed by atoms with Gasteiger partial charge in [-0.2, -0.15) is 18.4 Å². The molecule has 0 radical (unpaired) electrons. The zero-order valence-electron chi connectivity index (χ0n) is 24.0. The Balaban J connectivity index is 1.45. The van der Waals surface area contributed by atoms with Crippen molar-refractivity contribution in [1.29, 1.82) is 5.26 Å². The topological polar surface area (TPSA) is 81.5 Å². The fourth-order valence-electron chi connectivity index (χ4n) is 6.09. The van der Waals surface area contributed by atoms with Gasteiger partial charge in [-0.15, -0.1) is 0 Å². The van der Waals surface area contributed by atoms with Crippen molar-refractivity contribution in [3.05, 3.63) is 77.0 Å². The fourth-order valence-corrected chi connectivity index (χ4v) is 6.09. The molecule has 1 atom stereocenters. The minimum atomic E-state index is -4.53. The molecule has 3 aromatic rings. The van der Waals surface area contributed by atoms with Gasteiger partial charge in [0.05, 0.1) is 35.0 Å². The number of aromatic nitrogens is 1. The number of nitrogens with one attached hydrogen (secondary N) is 1. The van der Waals surface area contributed by atoms with Crippen molar-refractivity contribution in [2.45, 2.75) is 43.8 Å². The summed E-state index contributed by atoms with van der Waals surface area (Å²) in [6.45, 7) is 4.47. The molecule has 0 spiro atoms. The number of hydrogen-bond acceptors (Lipinski definition) is 6. The number of alkyl halides is 3. The molecule has 5 rings (SSSR count). The summed E-state index contributed by atoms with van der Waals surface area (Å²) in [5.41, 5.74) is 2.12. The van der Waals surface area contributed by atoms with Crippen molar-refractivity contribution in [2.75, 3.05) is 45.2 Å². The zero-order valence-corrected chi connectivity index (χ0v) is 24.0. The molecule has 0 unspecified atom stereocenters. The summed E-state index contributed by atoms with van der Waals surface area (Å²) in [6.07, 6.45) is -1.07. The van der Waals surface area contributed by atoms with Crippen molar-refractivity contribution >= 4 is 11.6 Å². The molecular formula is C32H34F3N5O2. The Bertz CT molecular complexity index is 1490. The first-order valence-electron chi connectivity index (χ1n) is 14.0. The largest absolute Gasteiger partial charge is 0.496 e. The highest BCUT2D eigenvalue weighted by atomic mass is 19.4. The van der Waals surface area contributed by atoms with Crippen molar-refractivity contribution < 1.29 is 22.7 Å². The molecule has 2 aliphatic rings. The number of rotatable bonds is 6. The van der Waals surface area contributed by atoms with Crippen LogP contribution >= 0.6 is 0 Å². The Hall–Kier alpha value is -4.10. The van der Waals surface area contributed by atoms with Crippen molar-refractivity contribution in [3.8, 4) is 23.1 Å². The van der Waals surface area contributed by atoms with E-state index in [1.54, 1.807) is 13.3 Å². The van der Waals surface area contributed by atoms with E-state index in [9.17, 15) is 23.2 Å². The van der Waals surface area contributed by atoms with E-state index in [-0.39, 0.29) is 17.5 Å². The standard InChI is InChI=1S/C32H34F3N5O2/c1-21-4-9-29(42-3)26(16-21)27-7-5-24(19-37-27)31(30(41)38-25-10-13-39(2)20-25)11-14-40(15-12-31)28-8-6-23(32(33,34)35)17-22(28)18-36/h4-9,16-17,19,25H,10-15,20H2,1-3H3,(H,38,41)/t25-/m1/s1. The van der Waals surface area contributed by atoms with E-state index in [0.29, 0.717) is 37.4 Å². The first-order valence-corrected chi connectivity index (χ1v) is 14.0. The molecule has 220 valence electrons. The number of pyridine rings is 1. The van der Waals surface area contributed by atoms with Crippen LogP contribution in [0.15, 0.2) is 54.7 Å². The zero-order chi connectivity index (χ0) is 30.1. The molecule has 7 nitrogen and oxygen atoms in total. The number of nitrogens with zero attached hydrogens (tertiary/aromatic N) is 4. The van der Waals surface area contributed by atoms with Gasteiger partial charge in [0.15, 0.2) is 0 Å². The lowest BCUT2D eigenvalue weighted by Gasteiger charge is -2.42. The number of amides is 1. The Kier molecular flexibility index (Phi) is 8.15. The lowest BCUT2D eigenvalue weighted by Crippen LogP contribution is -2.54. The number of piperidine rings is 1. The number of ether oxygens (including phenoxy) is 1. The summed E-state index contributed by atoms with van der Waals surface area (Å²) in [4.78, 5) is 22.9. The van der Waals surface area contributed by atoms with E-state index in [4.69, 9.17) is 9.72 Å². The summed E-state index contributed by atoms with van der Waals surface area (Å²) < 4.78 is 45.3. The van der Waals surface area contributed by atoms with Gasteiger partial charge in [0.25, 0.3) is 0 Å². The number of carbonyl (C=O) groups excluding carboxylic acids is 1. The van der Waals surface area contributed by atoms with Gasteiger partial charge >= 0.3 is 6.18 Å². The van der Waals surface area contributed by atoms with Crippen LogP contribution in [0.1, 0.15) is 41.5 Å².